The first-order valence-corrected chi connectivity index (χ1v) is 9.10. The molecular formula is C22H23NO5. The maximum atomic E-state index is 12.0. The fraction of sp³-hybridized carbons (Fsp3) is 0.273. The van der Waals surface area contributed by atoms with E-state index < -0.39 is 17.6 Å². The number of carboxylic acids is 1. The third-order valence-electron chi connectivity index (χ3n) is 4.85. The van der Waals surface area contributed by atoms with Crippen molar-refractivity contribution in [3.05, 3.63) is 64.0 Å². The third-order valence-corrected chi connectivity index (χ3v) is 4.85. The predicted octanol–water partition coefficient (Wildman–Crippen LogP) is 3.67. The fourth-order valence-electron chi connectivity index (χ4n) is 3.37. The lowest BCUT2D eigenvalue weighted by Crippen LogP contribution is -2.40. The number of aromatic hydroxyl groups is 1. The molecule has 0 spiro atoms. The van der Waals surface area contributed by atoms with Gasteiger partial charge in [-0.1, -0.05) is 44.2 Å². The van der Waals surface area contributed by atoms with Crippen molar-refractivity contribution in [1.29, 1.82) is 0 Å². The largest absolute Gasteiger partial charge is 0.507 e. The summed E-state index contributed by atoms with van der Waals surface area (Å²) in [6.07, 6.45) is 0. The molecule has 0 fully saturated rings. The highest BCUT2D eigenvalue weighted by Gasteiger charge is 2.23. The van der Waals surface area contributed by atoms with Crippen LogP contribution in [0.4, 0.5) is 0 Å². The van der Waals surface area contributed by atoms with Gasteiger partial charge in [0.1, 0.15) is 17.4 Å². The molecule has 0 aliphatic carbocycles. The zero-order valence-electron chi connectivity index (χ0n) is 16.0. The second-order valence-corrected chi connectivity index (χ2v) is 7.18. The number of aliphatic carboxylic acids is 1. The minimum Gasteiger partial charge on any atom is -0.507 e. The van der Waals surface area contributed by atoms with E-state index in [9.17, 15) is 19.8 Å². The van der Waals surface area contributed by atoms with Gasteiger partial charge in [-0.2, -0.15) is 0 Å². The quantitative estimate of drug-likeness (QED) is 0.563. The van der Waals surface area contributed by atoms with Crippen LogP contribution in [0, 0.1) is 12.8 Å². The Morgan fingerprint density at radius 3 is 2.46 bits per heavy atom. The van der Waals surface area contributed by atoms with E-state index in [4.69, 9.17) is 4.42 Å². The molecule has 3 rings (SSSR count). The minimum atomic E-state index is -0.941. The second kappa shape index (κ2) is 7.86. The van der Waals surface area contributed by atoms with E-state index in [2.05, 4.69) is 5.32 Å². The van der Waals surface area contributed by atoms with Crippen molar-refractivity contribution in [2.45, 2.75) is 33.4 Å². The van der Waals surface area contributed by atoms with Gasteiger partial charge in [0.25, 0.3) is 0 Å². The highest BCUT2D eigenvalue weighted by molar-refractivity contribution is 5.98. The number of rotatable bonds is 6. The maximum absolute atomic E-state index is 12.0. The van der Waals surface area contributed by atoms with E-state index in [-0.39, 0.29) is 18.2 Å². The van der Waals surface area contributed by atoms with Gasteiger partial charge < -0.3 is 14.6 Å². The van der Waals surface area contributed by atoms with Crippen LogP contribution >= 0.6 is 0 Å². The van der Waals surface area contributed by atoms with Crippen molar-refractivity contribution in [2.75, 3.05) is 0 Å². The molecule has 0 aliphatic heterocycles. The minimum absolute atomic E-state index is 0.0157. The number of phenols is 1. The topological polar surface area (TPSA) is 99.8 Å². The number of benzene rings is 2. The number of fused-ring (bicyclic) bond motifs is 1. The summed E-state index contributed by atoms with van der Waals surface area (Å²) in [4.78, 5) is 23.5. The molecule has 1 atom stereocenters. The van der Waals surface area contributed by atoms with Gasteiger partial charge in [0.2, 0.25) is 0 Å². The Morgan fingerprint density at radius 2 is 1.86 bits per heavy atom. The molecule has 0 saturated heterocycles. The monoisotopic (exact) mass is 381 g/mol. The van der Waals surface area contributed by atoms with Gasteiger partial charge in [-0.25, -0.2) is 4.79 Å². The highest BCUT2D eigenvalue weighted by atomic mass is 16.4. The Balaban J connectivity index is 2.14. The van der Waals surface area contributed by atoms with Gasteiger partial charge in [-0.05, 0) is 30.0 Å². The molecule has 1 unspecified atom stereocenters. The van der Waals surface area contributed by atoms with Gasteiger partial charge in [0.05, 0.1) is 5.39 Å². The summed E-state index contributed by atoms with van der Waals surface area (Å²) in [6.45, 7) is 5.61. The Labute approximate surface area is 162 Å². The average molecular weight is 381 g/mol. The highest BCUT2D eigenvalue weighted by Crippen LogP contribution is 2.37. The molecule has 28 heavy (non-hydrogen) atoms. The summed E-state index contributed by atoms with van der Waals surface area (Å²) in [5.41, 5.74) is 2.43. The molecule has 0 aliphatic rings. The maximum Gasteiger partial charge on any atom is 0.336 e. The number of carbonyl (C=O) groups is 1. The Bertz CT molecular complexity index is 1070. The number of hydrogen-bond donors (Lipinski definition) is 3. The van der Waals surface area contributed by atoms with E-state index >= 15 is 0 Å². The summed E-state index contributed by atoms with van der Waals surface area (Å²) in [5, 5.41) is 23.8. The number of nitrogens with one attached hydrogen (secondary N) is 1. The molecule has 0 saturated carbocycles. The van der Waals surface area contributed by atoms with Crippen molar-refractivity contribution >= 4 is 16.9 Å². The first-order valence-electron chi connectivity index (χ1n) is 9.10. The van der Waals surface area contributed by atoms with Gasteiger partial charge in [0, 0.05) is 23.7 Å². The Kier molecular flexibility index (Phi) is 5.51. The van der Waals surface area contributed by atoms with E-state index in [1.165, 1.54) is 6.07 Å². The Hall–Kier alpha value is -3.12. The normalized spacial score (nSPS) is 12.4. The van der Waals surface area contributed by atoms with Crippen LogP contribution in [0.15, 0.2) is 51.7 Å². The van der Waals surface area contributed by atoms with Crippen LogP contribution in [0.3, 0.4) is 0 Å². The first-order chi connectivity index (χ1) is 13.3. The molecule has 1 heterocycles. The number of aryl methyl sites for hydroxylation is 1. The molecule has 3 N–H and O–H groups in total. The molecule has 3 aromatic rings. The van der Waals surface area contributed by atoms with E-state index in [1.54, 1.807) is 13.0 Å². The van der Waals surface area contributed by atoms with Gasteiger partial charge in [-0.3, -0.25) is 10.1 Å². The zero-order chi connectivity index (χ0) is 20.4. The van der Waals surface area contributed by atoms with Crippen LogP contribution in [-0.2, 0) is 11.3 Å². The molecular weight excluding hydrogens is 358 g/mol. The fourth-order valence-corrected chi connectivity index (χ4v) is 3.37. The van der Waals surface area contributed by atoms with Crippen molar-refractivity contribution in [2.24, 2.45) is 5.92 Å². The molecule has 0 amide bonds. The molecule has 6 heteroatoms. The van der Waals surface area contributed by atoms with Crippen molar-refractivity contribution in [3.63, 3.8) is 0 Å². The lowest BCUT2D eigenvalue weighted by molar-refractivity contribution is -0.140. The molecule has 6 nitrogen and oxygen atoms in total. The third kappa shape index (κ3) is 3.77. The second-order valence-electron chi connectivity index (χ2n) is 7.18. The summed E-state index contributed by atoms with van der Waals surface area (Å²) < 4.78 is 5.31. The van der Waals surface area contributed by atoms with Gasteiger partial charge in [-0.15, -0.1) is 0 Å². The standard InChI is InChI=1S/C22H23NO5/c1-12(2)20(22(26)27)23-11-16-13(3)9-17-19(21(16)25)15(10-18(24)28-17)14-7-5-4-6-8-14/h4-10,12,20,23,25H,11H2,1-3H3,(H,26,27). The van der Waals surface area contributed by atoms with E-state index in [0.29, 0.717) is 27.7 Å². The summed E-state index contributed by atoms with van der Waals surface area (Å²) in [5.74, 6) is -1.07. The lowest BCUT2D eigenvalue weighted by Gasteiger charge is -2.20. The van der Waals surface area contributed by atoms with E-state index in [1.807, 2.05) is 44.2 Å². The summed E-state index contributed by atoms with van der Waals surface area (Å²) in [7, 11) is 0. The van der Waals surface area contributed by atoms with Crippen molar-refractivity contribution in [1.82, 2.24) is 5.32 Å². The number of carboxylic acid groups (broad SMARTS) is 1. The van der Waals surface area contributed by atoms with Crippen LogP contribution in [0.1, 0.15) is 25.0 Å². The molecule has 0 radical (unpaired) electrons. The molecule has 146 valence electrons. The summed E-state index contributed by atoms with van der Waals surface area (Å²) >= 11 is 0. The van der Waals surface area contributed by atoms with Crippen LogP contribution in [0.5, 0.6) is 5.75 Å². The molecule has 2 aromatic carbocycles. The Morgan fingerprint density at radius 1 is 1.18 bits per heavy atom. The number of phenolic OH excluding ortho intramolecular Hbond substituents is 1. The van der Waals surface area contributed by atoms with Crippen LogP contribution in [0.25, 0.3) is 22.1 Å². The first kappa shape index (κ1) is 19.6. The zero-order valence-corrected chi connectivity index (χ0v) is 16.0. The van der Waals surface area contributed by atoms with E-state index in [0.717, 1.165) is 5.56 Å². The molecule has 0 bridgehead atoms. The predicted molar refractivity (Wildman–Crippen MR) is 107 cm³/mol. The van der Waals surface area contributed by atoms with Crippen LogP contribution < -0.4 is 10.9 Å². The lowest BCUT2D eigenvalue weighted by atomic mass is 9.96. The smallest absolute Gasteiger partial charge is 0.336 e. The SMILES string of the molecule is Cc1cc2oc(=O)cc(-c3ccccc3)c2c(O)c1CNC(C(=O)O)C(C)C. The van der Waals surface area contributed by atoms with Crippen molar-refractivity contribution < 1.29 is 19.4 Å². The van der Waals surface area contributed by atoms with Gasteiger partial charge in [0.15, 0.2) is 0 Å². The van der Waals surface area contributed by atoms with Crippen LogP contribution in [0.2, 0.25) is 0 Å². The van der Waals surface area contributed by atoms with Crippen molar-refractivity contribution in [3.8, 4) is 16.9 Å². The average Bonchev–Trinajstić information content (AvgIpc) is 2.63. The van der Waals surface area contributed by atoms with Crippen LogP contribution in [-0.4, -0.2) is 22.2 Å². The summed E-state index contributed by atoms with van der Waals surface area (Å²) in [6, 6.07) is 11.6. The van der Waals surface area contributed by atoms with Gasteiger partial charge >= 0.3 is 11.6 Å². The molecule has 1 aromatic heterocycles. The number of hydrogen-bond acceptors (Lipinski definition) is 5.